The van der Waals surface area contributed by atoms with Gasteiger partial charge in [-0.1, -0.05) is 18.2 Å². The van der Waals surface area contributed by atoms with Crippen molar-refractivity contribution >= 4 is 21.6 Å². The van der Waals surface area contributed by atoms with Crippen LogP contribution in [0.1, 0.15) is 18.6 Å². The minimum Gasteiger partial charge on any atom is -0.445 e. The number of aliphatic hydroxyl groups is 1. The zero-order chi connectivity index (χ0) is 15.6. The molecule has 1 unspecified atom stereocenters. The number of rotatable bonds is 4. The molecule has 1 atom stereocenters. The van der Waals surface area contributed by atoms with E-state index in [1.165, 1.54) is 31.2 Å². The van der Waals surface area contributed by atoms with E-state index in [1.807, 2.05) is 0 Å². The van der Waals surface area contributed by atoms with E-state index in [9.17, 15) is 19.6 Å². The number of benzene rings is 2. The lowest BCUT2D eigenvalue weighted by molar-refractivity contribution is -0.385. The number of halogens is 2. The van der Waals surface area contributed by atoms with Gasteiger partial charge in [0.25, 0.3) is 0 Å². The Morgan fingerprint density at radius 2 is 1.95 bits per heavy atom. The highest BCUT2D eigenvalue weighted by Gasteiger charge is 2.22. The summed E-state index contributed by atoms with van der Waals surface area (Å²) in [6.45, 7) is 1.45. The van der Waals surface area contributed by atoms with Crippen LogP contribution in [0.25, 0.3) is 0 Å². The first-order chi connectivity index (χ1) is 9.91. The quantitative estimate of drug-likeness (QED) is 0.653. The van der Waals surface area contributed by atoms with Gasteiger partial charge in [0.2, 0.25) is 5.75 Å². The van der Waals surface area contributed by atoms with E-state index >= 15 is 0 Å². The van der Waals surface area contributed by atoms with Crippen LogP contribution >= 0.6 is 15.9 Å². The Morgan fingerprint density at radius 3 is 2.57 bits per heavy atom. The Bertz CT molecular complexity index is 691. The number of nitrogens with zero attached hydrogens (tertiary/aromatic N) is 1. The number of para-hydroxylation sites is 2. The van der Waals surface area contributed by atoms with Crippen LogP contribution < -0.4 is 4.74 Å². The van der Waals surface area contributed by atoms with Crippen LogP contribution in [0.5, 0.6) is 11.5 Å². The molecule has 0 heterocycles. The highest BCUT2D eigenvalue weighted by molar-refractivity contribution is 9.10. The summed E-state index contributed by atoms with van der Waals surface area (Å²) >= 11 is 3.14. The minimum absolute atomic E-state index is 0.116. The Kier molecular flexibility index (Phi) is 4.54. The van der Waals surface area contributed by atoms with Gasteiger partial charge in [0.05, 0.1) is 15.5 Å². The van der Waals surface area contributed by atoms with Gasteiger partial charge in [-0.15, -0.1) is 0 Å². The zero-order valence-corrected chi connectivity index (χ0v) is 12.5. The van der Waals surface area contributed by atoms with Crippen LogP contribution in [0.15, 0.2) is 40.9 Å². The number of nitro benzene ring substituents is 1. The fraction of sp³-hybridized carbons (Fsp3) is 0.143. The second-order valence-electron chi connectivity index (χ2n) is 4.28. The van der Waals surface area contributed by atoms with Crippen molar-refractivity contribution in [3.05, 3.63) is 62.4 Å². The van der Waals surface area contributed by atoms with E-state index in [-0.39, 0.29) is 22.7 Å². The van der Waals surface area contributed by atoms with Gasteiger partial charge in [0.15, 0.2) is 11.6 Å². The summed E-state index contributed by atoms with van der Waals surface area (Å²) in [4.78, 5) is 10.4. The fourth-order valence-electron chi connectivity index (χ4n) is 1.81. The minimum atomic E-state index is -0.975. The van der Waals surface area contributed by atoms with Crippen molar-refractivity contribution in [1.82, 2.24) is 0 Å². The van der Waals surface area contributed by atoms with Crippen molar-refractivity contribution in [2.24, 2.45) is 0 Å². The van der Waals surface area contributed by atoms with E-state index in [1.54, 1.807) is 6.07 Å². The first kappa shape index (κ1) is 15.4. The molecule has 0 saturated carbocycles. The largest absolute Gasteiger partial charge is 0.445 e. The Labute approximate surface area is 128 Å². The summed E-state index contributed by atoms with van der Waals surface area (Å²) in [7, 11) is 0. The van der Waals surface area contributed by atoms with Crippen LogP contribution in [0, 0.1) is 15.9 Å². The molecular formula is C14H11BrFNO4. The average Bonchev–Trinajstić information content (AvgIpc) is 2.42. The molecule has 110 valence electrons. The molecule has 2 rings (SSSR count). The SMILES string of the molecule is CC(O)c1cccc(F)c1Oc1c(Br)cccc1[N+](=O)[O-]. The average molecular weight is 356 g/mol. The topological polar surface area (TPSA) is 72.6 Å². The molecule has 21 heavy (non-hydrogen) atoms. The lowest BCUT2D eigenvalue weighted by Gasteiger charge is -2.14. The van der Waals surface area contributed by atoms with Crippen molar-refractivity contribution < 1.29 is 19.2 Å². The third-order valence-corrected chi connectivity index (χ3v) is 3.42. The summed E-state index contributed by atoms with van der Waals surface area (Å²) < 4.78 is 19.7. The van der Waals surface area contributed by atoms with Crippen LogP contribution in [0.2, 0.25) is 0 Å². The predicted molar refractivity (Wildman–Crippen MR) is 77.9 cm³/mol. The van der Waals surface area contributed by atoms with Crippen LogP contribution in [0.4, 0.5) is 10.1 Å². The molecule has 2 aromatic rings. The smallest absolute Gasteiger partial charge is 0.312 e. The predicted octanol–water partition coefficient (Wildman–Crippen LogP) is 4.34. The van der Waals surface area contributed by atoms with Crippen molar-refractivity contribution in [2.45, 2.75) is 13.0 Å². The molecule has 0 aliphatic carbocycles. The molecule has 0 aromatic heterocycles. The fourth-order valence-corrected chi connectivity index (χ4v) is 2.24. The van der Waals surface area contributed by atoms with Gasteiger partial charge in [-0.25, -0.2) is 4.39 Å². The summed E-state index contributed by atoms with van der Waals surface area (Å²) in [6.07, 6.45) is -0.975. The van der Waals surface area contributed by atoms with E-state index in [0.717, 1.165) is 6.07 Å². The van der Waals surface area contributed by atoms with Crippen molar-refractivity contribution in [3.8, 4) is 11.5 Å². The lowest BCUT2D eigenvalue weighted by Crippen LogP contribution is -2.01. The number of hydrogen-bond acceptors (Lipinski definition) is 4. The second kappa shape index (κ2) is 6.19. The standard InChI is InChI=1S/C14H11BrFNO4/c1-8(18)9-4-2-6-11(16)13(9)21-14-10(15)5-3-7-12(14)17(19)20/h2-8,18H,1H3. The van der Waals surface area contributed by atoms with Crippen molar-refractivity contribution in [3.63, 3.8) is 0 Å². The molecule has 0 aliphatic rings. The van der Waals surface area contributed by atoms with Crippen LogP contribution in [-0.4, -0.2) is 10.0 Å². The van der Waals surface area contributed by atoms with E-state index in [4.69, 9.17) is 4.74 Å². The molecule has 2 aromatic carbocycles. The van der Waals surface area contributed by atoms with Gasteiger partial charge < -0.3 is 9.84 Å². The van der Waals surface area contributed by atoms with Crippen LogP contribution in [0.3, 0.4) is 0 Å². The van der Waals surface area contributed by atoms with Gasteiger partial charge in [-0.2, -0.15) is 0 Å². The first-order valence-corrected chi connectivity index (χ1v) is 6.78. The molecule has 0 aliphatic heterocycles. The molecule has 0 bridgehead atoms. The van der Waals surface area contributed by atoms with Gasteiger partial charge in [-0.05, 0) is 35.0 Å². The molecule has 0 fully saturated rings. The number of nitro groups is 1. The molecule has 0 amide bonds. The second-order valence-corrected chi connectivity index (χ2v) is 5.14. The maximum Gasteiger partial charge on any atom is 0.312 e. The van der Waals surface area contributed by atoms with E-state index in [2.05, 4.69) is 15.9 Å². The molecule has 0 radical (unpaired) electrons. The number of hydrogen-bond donors (Lipinski definition) is 1. The monoisotopic (exact) mass is 355 g/mol. The van der Waals surface area contributed by atoms with Gasteiger partial charge in [0, 0.05) is 11.6 Å². The normalized spacial score (nSPS) is 12.0. The molecule has 7 heteroatoms. The van der Waals surface area contributed by atoms with Crippen LogP contribution in [-0.2, 0) is 0 Å². The summed E-state index contributed by atoms with van der Waals surface area (Å²) in [5.41, 5.74) is -0.0933. The van der Waals surface area contributed by atoms with Gasteiger partial charge in [-0.3, -0.25) is 10.1 Å². The van der Waals surface area contributed by atoms with Crippen molar-refractivity contribution in [2.75, 3.05) is 0 Å². The Hall–Kier alpha value is -1.99. The van der Waals surface area contributed by atoms with Gasteiger partial charge >= 0.3 is 5.69 Å². The Balaban J connectivity index is 2.56. The maximum atomic E-state index is 13.9. The van der Waals surface area contributed by atoms with E-state index in [0.29, 0.717) is 4.47 Å². The zero-order valence-electron chi connectivity index (χ0n) is 10.9. The molecule has 0 spiro atoms. The summed E-state index contributed by atoms with van der Waals surface area (Å²) in [5.74, 6) is -1.06. The number of aliphatic hydroxyl groups excluding tert-OH is 1. The third-order valence-electron chi connectivity index (χ3n) is 2.79. The molecule has 5 nitrogen and oxygen atoms in total. The summed E-state index contributed by atoms with van der Waals surface area (Å²) in [6, 6.07) is 8.36. The third kappa shape index (κ3) is 3.20. The highest BCUT2D eigenvalue weighted by atomic mass is 79.9. The van der Waals surface area contributed by atoms with Gasteiger partial charge in [0.1, 0.15) is 0 Å². The van der Waals surface area contributed by atoms with E-state index < -0.39 is 16.8 Å². The molecular weight excluding hydrogens is 345 g/mol. The first-order valence-electron chi connectivity index (χ1n) is 5.99. The highest BCUT2D eigenvalue weighted by Crippen LogP contribution is 2.40. The van der Waals surface area contributed by atoms with Crippen molar-refractivity contribution in [1.29, 1.82) is 0 Å². The lowest BCUT2D eigenvalue weighted by atomic mass is 10.1. The maximum absolute atomic E-state index is 13.9. The molecule has 1 N–H and O–H groups in total. The summed E-state index contributed by atoms with van der Waals surface area (Å²) in [5, 5.41) is 20.7. The molecule has 0 saturated heterocycles. The number of ether oxygens (including phenoxy) is 1. The Morgan fingerprint density at radius 1 is 1.29 bits per heavy atom.